The van der Waals surface area contributed by atoms with E-state index in [9.17, 15) is 4.79 Å². The summed E-state index contributed by atoms with van der Waals surface area (Å²) < 4.78 is 11.0. The summed E-state index contributed by atoms with van der Waals surface area (Å²) in [6.07, 6.45) is 1.59. The zero-order chi connectivity index (χ0) is 25.2. The van der Waals surface area contributed by atoms with Gasteiger partial charge in [0.1, 0.15) is 17.8 Å². The standard InChI is InChI=1S/C25H27N7O3S/c1-15(33)28-16-4-6-17(7-5-16)29-25(36)32-10-8-31(9-11-32)24-22-18-12-20(34-2)21(35-3)13-19(18)30-23(22)26-14-27-24/h4-7,12-14H,8-11H2,1-3H3,(H,28,33)(H,29,36)(H,26,27,30). The number of amides is 1. The number of aromatic nitrogens is 3. The second-order valence-electron chi connectivity index (χ2n) is 8.46. The highest BCUT2D eigenvalue weighted by molar-refractivity contribution is 7.80. The number of fused-ring (bicyclic) bond motifs is 3. The predicted octanol–water partition coefficient (Wildman–Crippen LogP) is 3.61. The van der Waals surface area contributed by atoms with Gasteiger partial charge in [-0.15, -0.1) is 0 Å². The minimum absolute atomic E-state index is 0.100. The Morgan fingerprint density at radius 1 is 0.972 bits per heavy atom. The van der Waals surface area contributed by atoms with Crippen LogP contribution in [0.1, 0.15) is 6.92 Å². The lowest BCUT2D eigenvalue weighted by Crippen LogP contribution is -2.50. The van der Waals surface area contributed by atoms with E-state index in [1.54, 1.807) is 20.5 Å². The lowest BCUT2D eigenvalue weighted by molar-refractivity contribution is -0.114. The maximum Gasteiger partial charge on any atom is 0.221 e. The van der Waals surface area contributed by atoms with Crippen LogP contribution in [0.4, 0.5) is 17.2 Å². The van der Waals surface area contributed by atoms with Crippen LogP contribution in [0.25, 0.3) is 21.9 Å². The number of benzene rings is 2. The molecule has 0 aliphatic carbocycles. The Labute approximate surface area is 213 Å². The van der Waals surface area contributed by atoms with Gasteiger partial charge in [-0.3, -0.25) is 4.79 Å². The third-order valence-electron chi connectivity index (χ3n) is 6.20. The van der Waals surface area contributed by atoms with Gasteiger partial charge in [-0.1, -0.05) is 0 Å². The van der Waals surface area contributed by atoms with Crippen LogP contribution in [0.3, 0.4) is 0 Å². The van der Waals surface area contributed by atoms with Gasteiger partial charge in [0, 0.05) is 55.9 Å². The number of aromatic amines is 1. The van der Waals surface area contributed by atoms with Crippen molar-refractivity contribution < 1.29 is 14.3 Å². The van der Waals surface area contributed by atoms with Crippen molar-refractivity contribution >= 4 is 62.4 Å². The number of piperazine rings is 1. The highest BCUT2D eigenvalue weighted by Crippen LogP contribution is 2.38. The predicted molar refractivity (Wildman–Crippen MR) is 145 cm³/mol. The maximum atomic E-state index is 11.2. The highest BCUT2D eigenvalue weighted by atomic mass is 32.1. The van der Waals surface area contributed by atoms with Gasteiger partial charge in [-0.25, -0.2) is 9.97 Å². The van der Waals surface area contributed by atoms with Crippen LogP contribution in [0, 0.1) is 0 Å². The molecule has 0 unspecified atom stereocenters. The van der Waals surface area contributed by atoms with E-state index in [1.165, 1.54) is 6.92 Å². The fourth-order valence-electron chi connectivity index (χ4n) is 4.44. The number of anilines is 3. The van der Waals surface area contributed by atoms with Crippen LogP contribution in [-0.4, -0.2) is 71.3 Å². The first kappa shape index (κ1) is 23.6. The van der Waals surface area contributed by atoms with Crippen molar-refractivity contribution in [3.8, 4) is 11.5 Å². The van der Waals surface area contributed by atoms with E-state index >= 15 is 0 Å². The van der Waals surface area contributed by atoms with Gasteiger partial charge in [-0.05, 0) is 42.5 Å². The minimum Gasteiger partial charge on any atom is -0.493 e. The molecule has 0 bridgehead atoms. The molecule has 1 aliphatic heterocycles. The van der Waals surface area contributed by atoms with Crippen LogP contribution < -0.4 is 25.0 Å². The van der Waals surface area contributed by atoms with Gasteiger partial charge in [0.15, 0.2) is 16.6 Å². The van der Waals surface area contributed by atoms with Crippen LogP contribution in [0.15, 0.2) is 42.7 Å². The molecule has 0 radical (unpaired) electrons. The van der Waals surface area contributed by atoms with Crippen LogP contribution in [0.2, 0.25) is 0 Å². The highest BCUT2D eigenvalue weighted by Gasteiger charge is 2.24. The Balaban J connectivity index is 1.31. The molecule has 0 saturated carbocycles. The first-order chi connectivity index (χ1) is 17.5. The molecule has 1 amide bonds. The third kappa shape index (κ3) is 4.57. The number of nitrogens with zero attached hydrogens (tertiary/aromatic N) is 4. The Morgan fingerprint density at radius 2 is 1.61 bits per heavy atom. The summed E-state index contributed by atoms with van der Waals surface area (Å²) in [5.74, 6) is 2.10. The molecular weight excluding hydrogens is 478 g/mol. The summed E-state index contributed by atoms with van der Waals surface area (Å²) in [7, 11) is 3.25. The van der Waals surface area contributed by atoms with Crippen LogP contribution in [-0.2, 0) is 4.79 Å². The SMILES string of the molecule is COc1cc2[nH]c3ncnc(N4CCN(C(=S)Nc5ccc(NC(C)=O)cc5)CC4)c3c2cc1OC. The van der Waals surface area contributed by atoms with Gasteiger partial charge in [0.2, 0.25) is 5.91 Å². The Kier molecular flexibility index (Phi) is 6.47. The molecule has 1 fully saturated rings. The van der Waals surface area contributed by atoms with E-state index in [4.69, 9.17) is 21.7 Å². The zero-order valence-electron chi connectivity index (χ0n) is 20.3. The first-order valence-corrected chi connectivity index (χ1v) is 11.9. The second kappa shape index (κ2) is 9.86. The zero-order valence-corrected chi connectivity index (χ0v) is 21.1. The fourth-order valence-corrected chi connectivity index (χ4v) is 4.74. The van der Waals surface area contributed by atoms with E-state index < -0.39 is 0 Å². The Bertz CT molecular complexity index is 1430. The number of H-pyrrole nitrogens is 1. The Morgan fingerprint density at radius 3 is 2.25 bits per heavy atom. The molecule has 2 aromatic heterocycles. The molecule has 0 spiro atoms. The third-order valence-corrected chi connectivity index (χ3v) is 6.56. The van der Waals surface area contributed by atoms with Gasteiger partial charge >= 0.3 is 0 Å². The molecule has 3 heterocycles. The number of methoxy groups -OCH3 is 2. The number of hydrogen-bond donors (Lipinski definition) is 3. The van der Waals surface area contributed by atoms with Crippen molar-refractivity contribution in [3.63, 3.8) is 0 Å². The molecule has 1 saturated heterocycles. The van der Waals surface area contributed by atoms with Crippen molar-refractivity contribution in [2.45, 2.75) is 6.92 Å². The minimum atomic E-state index is -0.100. The normalized spacial score (nSPS) is 13.6. The monoisotopic (exact) mass is 505 g/mol. The van der Waals surface area contributed by atoms with Gasteiger partial charge < -0.3 is 34.9 Å². The molecule has 11 heteroatoms. The molecule has 36 heavy (non-hydrogen) atoms. The number of rotatable bonds is 5. The van der Waals surface area contributed by atoms with E-state index in [2.05, 4.69) is 35.4 Å². The summed E-state index contributed by atoms with van der Waals surface area (Å²) in [6, 6.07) is 11.4. The maximum absolute atomic E-state index is 11.2. The average molecular weight is 506 g/mol. The number of hydrogen-bond acceptors (Lipinski definition) is 7. The molecular formula is C25H27N7O3S. The summed E-state index contributed by atoms with van der Waals surface area (Å²) in [6.45, 7) is 4.51. The van der Waals surface area contributed by atoms with E-state index in [-0.39, 0.29) is 5.91 Å². The van der Waals surface area contributed by atoms with Gasteiger partial charge in [-0.2, -0.15) is 0 Å². The lowest BCUT2D eigenvalue weighted by atomic mass is 10.1. The molecule has 5 rings (SSSR count). The molecule has 10 nitrogen and oxygen atoms in total. The van der Waals surface area contributed by atoms with E-state index in [1.807, 2.05) is 36.4 Å². The summed E-state index contributed by atoms with van der Waals surface area (Å²) >= 11 is 5.66. The molecule has 2 aromatic carbocycles. The number of thiocarbonyl (C=S) groups is 1. The number of carbonyl (C=O) groups excluding carboxylic acids is 1. The van der Waals surface area contributed by atoms with Gasteiger partial charge in [0.05, 0.1) is 25.1 Å². The summed E-state index contributed by atoms with van der Waals surface area (Å²) in [5, 5.41) is 8.66. The van der Waals surface area contributed by atoms with Crippen molar-refractivity contribution in [1.82, 2.24) is 19.9 Å². The quantitative estimate of drug-likeness (QED) is 0.351. The first-order valence-electron chi connectivity index (χ1n) is 11.5. The second-order valence-corrected chi connectivity index (χ2v) is 8.85. The van der Waals surface area contributed by atoms with Crippen molar-refractivity contribution in [2.75, 3.05) is 55.9 Å². The summed E-state index contributed by atoms with van der Waals surface area (Å²) in [4.78, 5) is 28.1. The molecule has 1 aliphatic rings. The number of ether oxygens (including phenoxy) is 2. The molecule has 186 valence electrons. The van der Waals surface area contributed by atoms with E-state index in [0.29, 0.717) is 16.6 Å². The summed E-state index contributed by atoms with van der Waals surface area (Å²) in [5.41, 5.74) is 3.31. The van der Waals surface area contributed by atoms with Crippen molar-refractivity contribution in [3.05, 3.63) is 42.7 Å². The fraction of sp³-hybridized carbons (Fsp3) is 0.280. The molecule has 0 atom stereocenters. The number of carbonyl (C=O) groups is 1. The molecule has 4 aromatic rings. The topological polar surface area (TPSA) is 108 Å². The van der Waals surface area contributed by atoms with E-state index in [0.717, 1.165) is 65.3 Å². The lowest BCUT2D eigenvalue weighted by Gasteiger charge is -2.37. The largest absolute Gasteiger partial charge is 0.493 e. The van der Waals surface area contributed by atoms with Crippen LogP contribution in [0.5, 0.6) is 11.5 Å². The number of nitrogens with one attached hydrogen (secondary N) is 3. The smallest absolute Gasteiger partial charge is 0.221 e. The van der Waals surface area contributed by atoms with Gasteiger partial charge in [0.25, 0.3) is 0 Å². The average Bonchev–Trinajstić information content (AvgIpc) is 3.26. The molecule has 3 N–H and O–H groups in total. The van der Waals surface area contributed by atoms with Crippen molar-refractivity contribution in [1.29, 1.82) is 0 Å². The Hall–Kier alpha value is -4.12. The van der Waals surface area contributed by atoms with Crippen LogP contribution >= 0.6 is 12.2 Å². The van der Waals surface area contributed by atoms with Crippen molar-refractivity contribution in [2.24, 2.45) is 0 Å².